The normalized spacial score (nSPS) is 17.2. The molecule has 1 aliphatic heterocycles. The van der Waals surface area contributed by atoms with E-state index in [1.54, 1.807) is 23.2 Å². The summed E-state index contributed by atoms with van der Waals surface area (Å²) in [5, 5.41) is 21.6. The number of nitrogens with two attached hydrogens (primary N) is 1. The number of hydrogen-bond acceptors (Lipinski definition) is 10. The van der Waals surface area contributed by atoms with E-state index in [0.717, 1.165) is 15.8 Å². The Kier molecular flexibility index (Phi) is 7.99. The van der Waals surface area contributed by atoms with Gasteiger partial charge >= 0.3 is 0 Å². The van der Waals surface area contributed by atoms with E-state index < -0.39 is 11.7 Å². The Bertz CT molecular complexity index is 1570. The van der Waals surface area contributed by atoms with Crippen LogP contribution in [0.5, 0.6) is 0 Å². The number of carbonyl (C=O) groups is 2. The molecule has 1 unspecified atom stereocenters. The zero-order valence-electron chi connectivity index (χ0n) is 20.0. The van der Waals surface area contributed by atoms with Gasteiger partial charge in [0, 0.05) is 38.9 Å². The number of benzene rings is 1. The lowest BCUT2D eigenvalue weighted by atomic mass is 9.75. The molecule has 0 spiro atoms. The van der Waals surface area contributed by atoms with Gasteiger partial charge in [0.1, 0.15) is 17.5 Å². The predicted octanol–water partition coefficient (Wildman–Crippen LogP) is 5.52. The second-order valence-electron chi connectivity index (χ2n) is 8.50. The van der Waals surface area contributed by atoms with Crippen molar-refractivity contribution < 1.29 is 14.0 Å². The minimum atomic E-state index is -1.03. The van der Waals surface area contributed by atoms with E-state index in [1.807, 2.05) is 0 Å². The second-order valence-corrected chi connectivity index (χ2v) is 12.0. The summed E-state index contributed by atoms with van der Waals surface area (Å²) < 4.78 is 16.3. The summed E-state index contributed by atoms with van der Waals surface area (Å²) in [6.07, 6.45) is 2.86. The standard InChI is InChI=1S/C25H18BrClFN7O2S2/c26-12-7-8-18(31-10-12)32-19(37)11-38-25-34-33-24(39-25)35-16-5-2-6-17(36)22(16)20(13(9-29)23(35)30)21-14(27)3-1-4-15(21)28/h1,3-4,7-8,10,20H,2,5-6,11,30H2,(H,31,32,37). The Balaban J connectivity index is 1.45. The molecule has 1 amide bonds. The van der Waals surface area contributed by atoms with Gasteiger partial charge in [0.2, 0.25) is 11.0 Å². The summed E-state index contributed by atoms with van der Waals surface area (Å²) in [4.78, 5) is 31.3. The Labute approximate surface area is 244 Å². The van der Waals surface area contributed by atoms with Crippen LogP contribution in [0.15, 0.2) is 68.0 Å². The van der Waals surface area contributed by atoms with Crippen LogP contribution in [0.25, 0.3) is 0 Å². The largest absolute Gasteiger partial charge is 0.384 e. The van der Waals surface area contributed by atoms with Gasteiger partial charge < -0.3 is 11.1 Å². The molecule has 0 saturated carbocycles. The van der Waals surface area contributed by atoms with E-state index in [2.05, 4.69) is 42.5 Å². The molecular weight excluding hydrogens is 629 g/mol. The summed E-state index contributed by atoms with van der Waals surface area (Å²) >= 11 is 12.0. The highest BCUT2D eigenvalue weighted by molar-refractivity contribution is 9.10. The number of nitrogens with zero attached hydrogens (tertiary/aromatic N) is 5. The quantitative estimate of drug-likeness (QED) is 0.331. The maximum Gasteiger partial charge on any atom is 0.235 e. The van der Waals surface area contributed by atoms with Crippen molar-refractivity contribution in [2.75, 3.05) is 16.0 Å². The van der Waals surface area contributed by atoms with E-state index in [9.17, 15) is 14.9 Å². The van der Waals surface area contributed by atoms with E-state index >= 15 is 4.39 Å². The van der Waals surface area contributed by atoms with Gasteiger partial charge in [-0.3, -0.25) is 14.5 Å². The van der Waals surface area contributed by atoms with Crippen molar-refractivity contribution in [3.8, 4) is 6.07 Å². The first-order valence-corrected chi connectivity index (χ1v) is 14.5. The number of rotatable bonds is 6. The lowest BCUT2D eigenvalue weighted by molar-refractivity contribution is -0.116. The van der Waals surface area contributed by atoms with Crippen LogP contribution in [0, 0.1) is 17.1 Å². The first-order valence-electron chi connectivity index (χ1n) is 11.6. The average molecular weight is 647 g/mol. The third-order valence-electron chi connectivity index (χ3n) is 6.11. The number of Topliss-reactive ketones (excluding diaryl/α,β-unsaturated/α-hetero) is 1. The third kappa shape index (κ3) is 5.42. The number of pyridine rings is 1. The minimum Gasteiger partial charge on any atom is -0.384 e. The Morgan fingerprint density at radius 3 is 2.87 bits per heavy atom. The first kappa shape index (κ1) is 27.3. The van der Waals surface area contributed by atoms with Crippen molar-refractivity contribution in [3.05, 3.63) is 80.1 Å². The van der Waals surface area contributed by atoms with Crippen LogP contribution in [-0.4, -0.2) is 32.6 Å². The van der Waals surface area contributed by atoms with Crippen LogP contribution in [0.2, 0.25) is 5.02 Å². The highest BCUT2D eigenvalue weighted by Crippen LogP contribution is 2.48. The van der Waals surface area contributed by atoms with Gasteiger partial charge in [-0.05, 0) is 53.0 Å². The maximum absolute atomic E-state index is 15.0. The van der Waals surface area contributed by atoms with Crippen LogP contribution in [0.1, 0.15) is 30.7 Å². The number of amides is 1. The molecule has 9 nitrogen and oxygen atoms in total. The van der Waals surface area contributed by atoms with Crippen molar-refractivity contribution >= 4 is 73.3 Å². The molecule has 2 aromatic heterocycles. The van der Waals surface area contributed by atoms with Crippen LogP contribution in [-0.2, 0) is 9.59 Å². The van der Waals surface area contributed by atoms with Gasteiger partial charge in [-0.1, -0.05) is 40.8 Å². The van der Waals surface area contributed by atoms with E-state index in [0.29, 0.717) is 33.8 Å². The van der Waals surface area contributed by atoms with Crippen LogP contribution in [0.3, 0.4) is 0 Å². The number of halogens is 3. The molecule has 198 valence electrons. The predicted molar refractivity (Wildman–Crippen MR) is 151 cm³/mol. The topological polar surface area (TPSA) is 138 Å². The molecule has 0 fully saturated rings. The molecule has 1 atom stereocenters. The smallest absolute Gasteiger partial charge is 0.235 e. The summed E-state index contributed by atoms with van der Waals surface area (Å²) in [5.41, 5.74) is 7.37. The zero-order valence-corrected chi connectivity index (χ0v) is 23.9. The lowest BCUT2D eigenvalue weighted by Crippen LogP contribution is -2.39. The molecular formula is C25H18BrClFN7O2S2. The molecule has 5 rings (SSSR count). The number of anilines is 2. The summed E-state index contributed by atoms with van der Waals surface area (Å²) in [7, 11) is 0. The second kappa shape index (κ2) is 11.4. The highest BCUT2D eigenvalue weighted by atomic mass is 79.9. The summed E-state index contributed by atoms with van der Waals surface area (Å²) in [6, 6.07) is 9.73. The molecule has 0 bridgehead atoms. The van der Waals surface area contributed by atoms with Crippen LogP contribution >= 0.6 is 50.6 Å². The van der Waals surface area contributed by atoms with E-state index in [1.165, 1.54) is 30.0 Å². The van der Waals surface area contributed by atoms with Gasteiger partial charge in [-0.2, -0.15) is 5.26 Å². The molecule has 0 radical (unpaired) electrons. The zero-order chi connectivity index (χ0) is 27.7. The maximum atomic E-state index is 15.0. The molecule has 3 N–H and O–H groups in total. The fourth-order valence-corrected chi connectivity index (χ4v) is 6.67. The Hall–Kier alpha value is -3.31. The van der Waals surface area contributed by atoms with Gasteiger partial charge in [0.15, 0.2) is 10.1 Å². The SMILES string of the molecule is N#CC1=C(N)N(c2nnc(SCC(=O)Nc3ccc(Br)cn3)s2)C2=C(C(=O)CCC2)C1c1c(F)cccc1Cl. The first-order chi connectivity index (χ1) is 18.8. The van der Waals surface area contributed by atoms with Crippen LogP contribution < -0.4 is 16.0 Å². The monoisotopic (exact) mass is 645 g/mol. The van der Waals surface area contributed by atoms with E-state index in [-0.39, 0.29) is 51.4 Å². The van der Waals surface area contributed by atoms with Crippen molar-refractivity contribution in [1.29, 1.82) is 5.26 Å². The molecule has 3 heterocycles. The summed E-state index contributed by atoms with van der Waals surface area (Å²) in [6.45, 7) is 0. The van der Waals surface area contributed by atoms with Crippen molar-refractivity contribution in [2.24, 2.45) is 5.73 Å². The minimum absolute atomic E-state index is 0.00165. The average Bonchev–Trinajstić information content (AvgIpc) is 3.37. The number of allylic oxidation sites excluding steroid dienone is 3. The number of aromatic nitrogens is 3. The van der Waals surface area contributed by atoms with E-state index in [4.69, 9.17) is 17.3 Å². The molecule has 39 heavy (non-hydrogen) atoms. The molecule has 0 saturated heterocycles. The molecule has 1 aromatic carbocycles. The third-order valence-corrected chi connectivity index (χ3v) is 8.95. The molecule has 2 aliphatic rings. The van der Waals surface area contributed by atoms with Gasteiger partial charge in [-0.25, -0.2) is 9.37 Å². The fraction of sp³-hybridized carbons (Fsp3) is 0.200. The summed E-state index contributed by atoms with van der Waals surface area (Å²) in [5.74, 6) is -1.63. The van der Waals surface area contributed by atoms with Crippen molar-refractivity contribution in [1.82, 2.24) is 15.2 Å². The van der Waals surface area contributed by atoms with Crippen molar-refractivity contribution in [3.63, 3.8) is 0 Å². The van der Waals surface area contributed by atoms with Gasteiger partial charge in [0.05, 0.1) is 23.3 Å². The highest BCUT2D eigenvalue weighted by Gasteiger charge is 2.42. The Morgan fingerprint density at radius 1 is 1.33 bits per heavy atom. The number of nitrogens with one attached hydrogen (secondary N) is 1. The molecule has 1 aliphatic carbocycles. The molecule has 14 heteroatoms. The number of hydrogen-bond donors (Lipinski definition) is 2. The van der Waals surface area contributed by atoms with Crippen molar-refractivity contribution in [2.45, 2.75) is 29.5 Å². The lowest BCUT2D eigenvalue weighted by Gasteiger charge is -2.38. The molecule has 3 aromatic rings. The number of thioether (sulfide) groups is 1. The van der Waals surface area contributed by atoms with Gasteiger partial charge in [-0.15, -0.1) is 10.2 Å². The fourth-order valence-electron chi connectivity index (χ4n) is 4.49. The number of nitriles is 1. The van der Waals surface area contributed by atoms with Gasteiger partial charge in [0.25, 0.3) is 0 Å². The number of carbonyl (C=O) groups excluding carboxylic acids is 2. The van der Waals surface area contributed by atoms with Crippen LogP contribution in [0.4, 0.5) is 15.3 Å². The Morgan fingerprint density at radius 2 is 2.15 bits per heavy atom. The number of ketones is 1.